The predicted molar refractivity (Wildman–Crippen MR) is 96.0 cm³/mol. The second kappa shape index (κ2) is 6.96. The lowest BCUT2D eigenvalue weighted by molar-refractivity contribution is 0.584. The third-order valence-electron chi connectivity index (χ3n) is 4.23. The van der Waals surface area contributed by atoms with Crippen LogP contribution in [0.15, 0.2) is 60.7 Å². The van der Waals surface area contributed by atoms with Gasteiger partial charge in [0.15, 0.2) is 0 Å². The Balaban J connectivity index is 1.94. The molecule has 0 saturated carbocycles. The van der Waals surface area contributed by atoms with Crippen molar-refractivity contribution in [3.8, 4) is 22.3 Å². The lowest BCUT2D eigenvalue weighted by atomic mass is 9.95. The van der Waals surface area contributed by atoms with Crippen molar-refractivity contribution in [1.29, 1.82) is 0 Å². The number of halogens is 2. The van der Waals surface area contributed by atoms with Crippen LogP contribution in [0.3, 0.4) is 0 Å². The molecule has 0 spiro atoms. The number of rotatable bonds is 4. The van der Waals surface area contributed by atoms with Crippen molar-refractivity contribution in [2.75, 3.05) is 0 Å². The fourth-order valence-corrected chi connectivity index (χ4v) is 3.03. The van der Waals surface area contributed by atoms with Crippen molar-refractivity contribution in [2.24, 2.45) is 0 Å². The van der Waals surface area contributed by atoms with E-state index in [9.17, 15) is 8.78 Å². The van der Waals surface area contributed by atoms with Crippen LogP contribution >= 0.6 is 0 Å². The third-order valence-corrected chi connectivity index (χ3v) is 4.23. The zero-order valence-corrected chi connectivity index (χ0v) is 13.9. The minimum Gasteiger partial charge on any atom is -0.207 e. The smallest absolute Gasteiger partial charge is 0.126 e. The summed E-state index contributed by atoms with van der Waals surface area (Å²) in [5, 5.41) is 0. The molecule has 0 atom stereocenters. The van der Waals surface area contributed by atoms with Gasteiger partial charge in [-0.3, -0.25) is 0 Å². The van der Waals surface area contributed by atoms with Gasteiger partial charge in [0.05, 0.1) is 0 Å². The summed E-state index contributed by atoms with van der Waals surface area (Å²) in [5.74, 6) is -1.11. The molecule has 3 rings (SSSR count). The summed E-state index contributed by atoms with van der Waals surface area (Å²) in [6, 6.07) is 18.2. The molecule has 0 fully saturated rings. The number of hydrogen-bond donors (Lipinski definition) is 0. The first-order chi connectivity index (χ1) is 11.6. The first-order valence-corrected chi connectivity index (χ1v) is 8.23. The molecule has 2 heteroatoms. The van der Waals surface area contributed by atoms with Crippen LogP contribution in [0, 0.1) is 18.6 Å². The fraction of sp³-hybridized carbons (Fsp3) is 0.182. The number of hydrogen-bond acceptors (Lipinski definition) is 0. The summed E-state index contributed by atoms with van der Waals surface area (Å²) >= 11 is 0. The van der Waals surface area contributed by atoms with Gasteiger partial charge in [-0.15, -0.1) is 0 Å². The van der Waals surface area contributed by atoms with Gasteiger partial charge in [0.1, 0.15) is 11.6 Å². The van der Waals surface area contributed by atoms with E-state index in [0.29, 0.717) is 5.56 Å². The predicted octanol–water partition coefficient (Wildman–Crippen LogP) is 6.56. The SMILES string of the molecule is CCCc1ccc(-c2ccc(-c3cc(F)cc(F)c3)c(C)c2)cc1. The highest BCUT2D eigenvalue weighted by atomic mass is 19.1. The lowest BCUT2D eigenvalue weighted by Gasteiger charge is -2.10. The standard InChI is InChI=1S/C22H20F2/c1-3-4-16-5-7-17(8-6-16)18-9-10-22(15(2)11-18)19-12-20(23)14-21(24)13-19/h5-14H,3-4H2,1-2H3. The Morgan fingerprint density at radius 2 is 1.33 bits per heavy atom. The first kappa shape index (κ1) is 16.4. The summed E-state index contributed by atoms with van der Waals surface area (Å²) in [6.45, 7) is 4.14. The summed E-state index contributed by atoms with van der Waals surface area (Å²) in [5.41, 5.74) is 6.00. The molecule has 0 radical (unpaired) electrons. The monoisotopic (exact) mass is 322 g/mol. The molecule has 3 aromatic rings. The molecule has 0 heterocycles. The first-order valence-electron chi connectivity index (χ1n) is 8.23. The molecular weight excluding hydrogens is 302 g/mol. The van der Waals surface area contributed by atoms with Crippen molar-refractivity contribution >= 4 is 0 Å². The zero-order chi connectivity index (χ0) is 17.1. The van der Waals surface area contributed by atoms with E-state index < -0.39 is 11.6 Å². The minimum absolute atomic E-state index is 0.556. The van der Waals surface area contributed by atoms with Gasteiger partial charge in [0.2, 0.25) is 0 Å². The van der Waals surface area contributed by atoms with E-state index in [2.05, 4.69) is 37.3 Å². The highest BCUT2D eigenvalue weighted by Crippen LogP contribution is 2.29. The van der Waals surface area contributed by atoms with Crippen LogP contribution in [-0.4, -0.2) is 0 Å². The summed E-state index contributed by atoms with van der Waals surface area (Å²) in [6.07, 6.45) is 2.22. The van der Waals surface area contributed by atoms with Crippen LogP contribution in [0.2, 0.25) is 0 Å². The average Bonchev–Trinajstić information content (AvgIpc) is 2.55. The van der Waals surface area contributed by atoms with E-state index in [1.54, 1.807) is 0 Å². The van der Waals surface area contributed by atoms with E-state index in [1.807, 2.05) is 19.1 Å². The minimum atomic E-state index is -0.556. The Morgan fingerprint density at radius 1 is 0.708 bits per heavy atom. The van der Waals surface area contributed by atoms with Crippen LogP contribution in [0.4, 0.5) is 8.78 Å². The Labute approximate surface area is 141 Å². The molecular formula is C22H20F2. The van der Waals surface area contributed by atoms with E-state index in [-0.39, 0.29) is 0 Å². The quantitative estimate of drug-likeness (QED) is 0.510. The van der Waals surface area contributed by atoms with Crippen molar-refractivity contribution in [3.63, 3.8) is 0 Å². The Hall–Kier alpha value is -2.48. The van der Waals surface area contributed by atoms with Crippen LogP contribution in [0.5, 0.6) is 0 Å². The van der Waals surface area contributed by atoms with Gasteiger partial charge < -0.3 is 0 Å². The second-order valence-electron chi connectivity index (χ2n) is 6.13. The zero-order valence-electron chi connectivity index (χ0n) is 13.9. The van der Waals surface area contributed by atoms with E-state index >= 15 is 0 Å². The van der Waals surface area contributed by atoms with Crippen LogP contribution in [-0.2, 0) is 6.42 Å². The van der Waals surface area contributed by atoms with Gasteiger partial charge in [0, 0.05) is 6.07 Å². The summed E-state index contributed by atoms with van der Waals surface area (Å²) in [7, 11) is 0. The highest BCUT2D eigenvalue weighted by molar-refractivity contribution is 5.73. The maximum atomic E-state index is 13.5. The maximum absolute atomic E-state index is 13.5. The van der Waals surface area contributed by atoms with Crippen LogP contribution in [0.1, 0.15) is 24.5 Å². The van der Waals surface area contributed by atoms with Crippen LogP contribution < -0.4 is 0 Å². The molecule has 0 nitrogen and oxygen atoms in total. The third kappa shape index (κ3) is 3.53. The fourth-order valence-electron chi connectivity index (χ4n) is 3.03. The van der Waals surface area contributed by atoms with E-state index in [1.165, 1.54) is 17.7 Å². The van der Waals surface area contributed by atoms with Crippen molar-refractivity contribution in [2.45, 2.75) is 26.7 Å². The molecule has 24 heavy (non-hydrogen) atoms. The Kier molecular flexibility index (Phi) is 4.75. The van der Waals surface area contributed by atoms with E-state index in [0.717, 1.165) is 41.2 Å². The number of benzene rings is 3. The van der Waals surface area contributed by atoms with Crippen LogP contribution in [0.25, 0.3) is 22.3 Å². The Bertz CT molecular complexity index is 828. The lowest BCUT2D eigenvalue weighted by Crippen LogP contribution is -1.89. The summed E-state index contributed by atoms with van der Waals surface area (Å²) in [4.78, 5) is 0. The highest BCUT2D eigenvalue weighted by Gasteiger charge is 2.08. The van der Waals surface area contributed by atoms with Crippen molar-refractivity contribution in [3.05, 3.63) is 83.4 Å². The van der Waals surface area contributed by atoms with Gasteiger partial charge in [-0.05, 0) is 58.9 Å². The van der Waals surface area contributed by atoms with Gasteiger partial charge in [-0.25, -0.2) is 8.78 Å². The number of aryl methyl sites for hydroxylation is 2. The largest absolute Gasteiger partial charge is 0.207 e. The Morgan fingerprint density at radius 3 is 1.92 bits per heavy atom. The van der Waals surface area contributed by atoms with Crippen molar-refractivity contribution in [1.82, 2.24) is 0 Å². The molecule has 0 amide bonds. The van der Waals surface area contributed by atoms with E-state index in [4.69, 9.17) is 0 Å². The topological polar surface area (TPSA) is 0 Å². The average molecular weight is 322 g/mol. The van der Waals surface area contributed by atoms with Gasteiger partial charge >= 0.3 is 0 Å². The molecule has 0 unspecified atom stereocenters. The van der Waals surface area contributed by atoms with Gasteiger partial charge in [0.25, 0.3) is 0 Å². The molecule has 0 aliphatic rings. The molecule has 0 aliphatic carbocycles. The molecule has 0 bridgehead atoms. The molecule has 122 valence electrons. The molecule has 0 saturated heterocycles. The second-order valence-corrected chi connectivity index (χ2v) is 6.13. The van der Waals surface area contributed by atoms with Crippen molar-refractivity contribution < 1.29 is 8.78 Å². The summed E-state index contributed by atoms with van der Waals surface area (Å²) < 4.78 is 26.9. The molecule has 0 aliphatic heterocycles. The van der Waals surface area contributed by atoms with Gasteiger partial charge in [-0.1, -0.05) is 55.8 Å². The normalized spacial score (nSPS) is 10.8. The maximum Gasteiger partial charge on any atom is 0.126 e. The molecule has 3 aromatic carbocycles. The molecule has 0 aromatic heterocycles. The molecule has 0 N–H and O–H groups in total. The van der Waals surface area contributed by atoms with Gasteiger partial charge in [-0.2, -0.15) is 0 Å².